The highest BCUT2D eigenvalue weighted by molar-refractivity contribution is 7.89. The SMILES string of the molecule is CC(=O)c1ccc(S(=O)(=O)N(C)CC(=O)N2CCc3sccc3C2c2cccs2)cc1. The minimum absolute atomic E-state index is 0.0568. The molecule has 1 aromatic carbocycles. The van der Waals surface area contributed by atoms with Crippen molar-refractivity contribution in [3.05, 3.63) is 74.1 Å². The Kier molecular flexibility index (Phi) is 6.11. The van der Waals surface area contributed by atoms with Crippen LogP contribution in [0.3, 0.4) is 0 Å². The maximum atomic E-state index is 13.3. The summed E-state index contributed by atoms with van der Waals surface area (Å²) >= 11 is 3.29. The van der Waals surface area contributed by atoms with Gasteiger partial charge in [-0.05, 0) is 53.9 Å². The number of carbonyl (C=O) groups is 2. The lowest BCUT2D eigenvalue weighted by atomic mass is 9.98. The number of hydrogen-bond acceptors (Lipinski definition) is 6. The van der Waals surface area contributed by atoms with Gasteiger partial charge in [-0.25, -0.2) is 8.42 Å². The molecule has 1 aliphatic rings. The first-order valence-corrected chi connectivity index (χ1v) is 13.0. The number of ketones is 1. The Morgan fingerprint density at radius 1 is 1.10 bits per heavy atom. The maximum Gasteiger partial charge on any atom is 0.243 e. The zero-order valence-corrected chi connectivity index (χ0v) is 19.6. The third kappa shape index (κ3) is 4.23. The summed E-state index contributed by atoms with van der Waals surface area (Å²) in [6, 6.07) is 11.6. The summed E-state index contributed by atoms with van der Waals surface area (Å²) in [5, 5.41) is 4.03. The van der Waals surface area contributed by atoms with E-state index in [4.69, 9.17) is 0 Å². The molecule has 0 N–H and O–H groups in total. The Hall–Kier alpha value is -2.33. The number of Topliss-reactive ketones (excluding diaryl/α,β-unsaturated/α-hetero) is 1. The normalized spacial score (nSPS) is 16.4. The molecule has 4 rings (SSSR count). The Morgan fingerprint density at radius 2 is 1.84 bits per heavy atom. The van der Waals surface area contributed by atoms with E-state index >= 15 is 0 Å². The Balaban J connectivity index is 1.56. The Labute approximate surface area is 189 Å². The van der Waals surface area contributed by atoms with Crippen LogP contribution in [-0.2, 0) is 21.2 Å². The third-order valence-corrected chi connectivity index (χ3v) is 9.16. The highest BCUT2D eigenvalue weighted by Gasteiger charge is 2.35. The van der Waals surface area contributed by atoms with Crippen LogP contribution in [0.1, 0.15) is 38.6 Å². The van der Waals surface area contributed by atoms with Crippen LogP contribution in [0.5, 0.6) is 0 Å². The van der Waals surface area contributed by atoms with E-state index in [0.29, 0.717) is 12.1 Å². The molecule has 2 aromatic heterocycles. The molecule has 0 fully saturated rings. The van der Waals surface area contributed by atoms with Gasteiger partial charge in [0.15, 0.2) is 5.78 Å². The molecule has 3 aromatic rings. The number of likely N-dealkylation sites (N-methyl/N-ethyl adjacent to an activating group) is 1. The molecule has 0 saturated heterocycles. The average molecular weight is 475 g/mol. The van der Waals surface area contributed by atoms with Crippen LogP contribution in [0.15, 0.2) is 58.1 Å². The van der Waals surface area contributed by atoms with Crippen molar-refractivity contribution in [3.8, 4) is 0 Å². The Bertz CT molecular complexity index is 1200. The topological polar surface area (TPSA) is 74.8 Å². The molecule has 0 aliphatic carbocycles. The number of fused-ring (bicyclic) bond motifs is 1. The van der Waals surface area contributed by atoms with Crippen molar-refractivity contribution in [2.75, 3.05) is 20.1 Å². The number of thiophene rings is 2. The van der Waals surface area contributed by atoms with E-state index in [9.17, 15) is 18.0 Å². The van der Waals surface area contributed by atoms with Gasteiger partial charge in [0, 0.05) is 28.9 Å². The van der Waals surface area contributed by atoms with Crippen LogP contribution in [0, 0.1) is 0 Å². The predicted octanol–water partition coefficient (Wildman–Crippen LogP) is 3.81. The summed E-state index contributed by atoms with van der Waals surface area (Å²) in [6.07, 6.45) is 0.767. The lowest BCUT2D eigenvalue weighted by molar-refractivity contribution is -0.133. The van der Waals surface area contributed by atoms with Crippen LogP contribution in [0.25, 0.3) is 0 Å². The number of carbonyl (C=O) groups excluding carboxylic acids is 2. The quantitative estimate of drug-likeness (QED) is 0.509. The van der Waals surface area contributed by atoms with E-state index in [1.807, 2.05) is 22.9 Å². The summed E-state index contributed by atoms with van der Waals surface area (Å²) < 4.78 is 27.0. The van der Waals surface area contributed by atoms with E-state index in [-0.39, 0.29) is 29.2 Å². The maximum absolute atomic E-state index is 13.3. The first kappa shape index (κ1) is 21.9. The molecule has 0 radical (unpaired) electrons. The van der Waals surface area contributed by atoms with Crippen LogP contribution in [0.4, 0.5) is 0 Å². The standard InChI is InChI=1S/C22H22N2O4S3/c1-15(25)16-5-7-17(8-6-16)31(27,28)23(2)14-21(26)24-11-9-19-18(10-13-30-19)22(24)20-4-3-12-29-20/h3-8,10,12-13,22H,9,11,14H2,1-2H3. The van der Waals surface area contributed by atoms with Gasteiger partial charge in [0.05, 0.1) is 17.5 Å². The molecule has 3 heterocycles. The molecule has 1 unspecified atom stereocenters. The molecule has 162 valence electrons. The second-order valence-electron chi connectivity index (χ2n) is 7.40. The van der Waals surface area contributed by atoms with Crippen molar-refractivity contribution >= 4 is 44.4 Å². The van der Waals surface area contributed by atoms with Gasteiger partial charge in [-0.3, -0.25) is 9.59 Å². The van der Waals surface area contributed by atoms with Gasteiger partial charge in [0.1, 0.15) is 0 Å². The number of benzene rings is 1. The summed E-state index contributed by atoms with van der Waals surface area (Å²) in [5.41, 5.74) is 1.56. The van der Waals surface area contributed by atoms with Crippen LogP contribution in [-0.4, -0.2) is 49.5 Å². The fourth-order valence-electron chi connectivity index (χ4n) is 3.75. The monoisotopic (exact) mass is 474 g/mol. The zero-order valence-electron chi connectivity index (χ0n) is 17.1. The van der Waals surface area contributed by atoms with Crippen molar-refractivity contribution in [1.82, 2.24) is 9.21 Å². The second-order valence-corrected chi connectivity index (χ2v) is 11.4. The molecule has 1 amide bonds. The first-order chi connectivity index (χ1) is 14.8. The predicted molar refractivity (Wildman–Crippen MR) is 122 cm³/mol. The fourth-order valence-corrected chi connectivity index (χ4v) is 6.63. The summed E-state index contributed by atoms with van der Waals surface area (Å²) in [7, 11) is -2.45. The first-order valence-electron chi connectivity index (χ1n) is 9.75. The molecular weight excluding hydrogens is 452 g/mol. The minimum Gasteiger partial charge on any atom is -0.329 e. The lowest BCUT2D eigenvalue weighted by Gasteiger charge is -2.36. The van der Waals surface area contributed by atoms with Crippen LogP contribution >= 0.6 is 22.7 Å². The van der Waals surface area contributed by atoms with Gasteiger partial charge < -0.3 is 4.90 Å². The average Bonchev–Trinajstić information content (AvgIpc) is 3.44. The van der Waals surface area contributed by atoms with Crippen molar-refractivity contribution in [1.29, 1.82) is 0 Å². The summed E-state index contributed by atoms with van der Waals surface area (Å²) in [4.78, 5) is 28.9. The molecule has 0 saturated carbocycles. The molecular formula is C22H22N2O4S3. The van der Waals surface area contributed by atoms with Gasteiger partial charge in [-0.15, -0.1) is 22.7 Å². The second kappa shape index (κ2) is 8.66. The minimum atomic E-state index is -3.86. The van der Waals surface area contributed by atoms with Gasteiger partial charge in [-0.1, -0.05) is 18.2 Å². The smallest absolute Gasteiger partial charge is 0.243 e. The van der Waals surface area contributed by atoms with E-state index in [1.54, 1.807) is 27.6 Å². The highest BCUT2D eigenvalue weighted by atomic mass is 32.2. The molecule has 0 spiro atoms. The van der Waals surface area contributed by atoms with Crippen molar-refractivity contribution in [2.24, 2.45) is 0 Å². The Morgan fingerprint density at radius 3 is 2.48 bits per heavy atom. The van der Waals surface area contributed by atoms with Crippen LogP contribution in [0.2, 0.25) is 0 Å². The van der Waals surface area contributed by atoms with Gasteiger partial charge in [0.25, 0.3) is 0 Å². The van der Waals surface area contributed by atoms with E-state index in [0.717, 1.165) is 21.2 Å². The molecule has 9 heteroatoms. The van der Waals surface area contributed by atoms with Crippen molar-refractivity contribution < 1.29 is 18.0 Å². The molecule has 1 aliphatic heterocycles. The number of nitrogens with zero attached hydrogens (tertiary/aromatic N) is 2. The van der Waals surface area contributed by atoms with Gasteiger partial charge in [-0.2, -0.15) is 4.31 Å². The van der Waals surface area contributed by atoms with E-state index in [1.165, 1.54) is 43.1 Å². The molecule has 1 atom stereocenters. The van der Waals surface area contributed by atoms with Crippen molar-refractivity contribution in [2.45, 2.75) is 24.3 Å². The van der Waals surface area contributed by atoms with Gasteiger partial charge >= 0.3 is 0 Å². The third-order valence-electron chi connectivity index (χ3n) is 5.43. The van der Waals surface area contributed by atoms with Crippen molar-refractivity contribution in [3.63, 3.8) is 0 Å². The molecule has 6 nitrogen and oxygen atoms in total. The van der Waals surface area contributed by atoms with E-state index < -0.39 is 10.0 Å². The number of hydrogen-bond donors (Lipinski definition) is 0. The number of amides is 1. The lowest BCUT2D eigenvalue weighted by Crippen LogP contribution is -2.45. The molecule has 0 bridgehead atoms. The van der Waals surface area contributed by atoms with Crippen LogP contribution < -0.4 is 0 Å². The van der Waals surface area contributed by atoms with Gasteiger partial charge in [0.2, 0.25) is 15.9 Å². The zero-order chi connectivity index (χ0) is 22.2. The highest BCUT2D eigenvalue weighted by Crippen LogP contribution is 2.39. The fraction of sp³-hybridized carbons (Fsp3) is 0.273. The van der Waals surface area contributed by atoms with E-state index in [2.05, 4.69) is 6.07 Å². The summed E-state index contributed by atoms with van der Waals surface area (Å²) in [5.74, 6) is -0.369. The summed E-state index contributed by atoms with van der Waals surface area (Å²) in [6.45, 7) is 1.73. The largest absolute Gasteiger partial charge is 0.329 e. The number of rotatable bonds is 6. The number of sulfonamides is 1. The molecule has 31 heavy (non-hydrogen) atoms.